The van der Waals surface area contributed by atoms with Crippen molar-refractivity contribution in [3.63, 3.8) is 0 Å². The van der Waals surface area contributed by atoms with Crippen molar-refractivity contribution in [2.24, 2.45) is 0 Å². The van der Waals surface area contributed by atoms with Crippen LogP contribution in [0.25, 0.3) is 10.9 Å². The second-order valence-electron chi connectivity index (χ2n) is 5.60. The minimum atomic E-state index is 0.481. The number of aromatic nitrogens is 3. The molecule has 0 saturated carbocycles. The molecule has 21 heavy (non-hydrogen) atoms. The third kappa shape index (κ3) is 3.13. The molecule has 0 bridgehead atoms. The van der Waals surface area contributed by atoms with Gasteiger partial charge in [-0.2, -0.15) is 4.98 Å². The average Bonchev–Trinajstić information content (AvgIpc) is 3.04. The molecule has 0 aliphatic rings. The Morgan fingerprint density at radius 1 is 1.29 bits per heavy atom. The lowest BCUT2D eigenvalue weighted by molar-refractivity contribution is 0.386. The highest BCUT2D eigenvalue weighted by molar-refractivity contribution is 5.80. The summed E-state index contributed by atoms with van der Waals surface area (Å²) < 4.78 is 7.18. The van der Waals surface area contributed by atoms with E-state index in [-0.39, 0.29) is 0 Å². The molecular weight excluding hydrogens is 264 g/mol. The minimum Gasteiger partial charge on any atom is -0.340 e. The van der Waals surface area contributed by atoms with Crippen LogP contribution >= 0.6 is 0 Å². The van der Waals surface area contributed by atoms with Crippen molar-refractivity contribution in [2.45, 2.75) is 39.9 Å². The molecule has 3 rings (SSSR count). The lowest BCUT2D eigenvalue weighted by Gasteiger charge is -2.09. The van der Waals surface area contributed by atoms with Crippen LogP contribution in [0, 0.1) is 6.92 Å². The highest BCUT2D eigenvalue weighted by Crippen LogP contribution is 2.18. The molecule has 0 atom stereocenters. The van der Waals surface area contributed by atoms with E-state index in [9.17, 15) is 0 Å². The molecule has 1 aromatic carbocycles. The van der Waals surface area contributed by atoms with Gasteiger partial charge in [0.2, 0.25) is 5.89 Å². The summed E-state index contributed by atoms with van der Waals surface area (Å²) in [5.74, 6) is 1.30. The molecule has 5 nitrogen and oxygen atoms in total. The average molecular weight is 284 g/mol. The molecule has 110 valence electrons. The van der Waals surface area contributed by atoms with Gasteiger partial charge in [0.15, 0.2) is 5.82 Å². The van der Waals surface area contributed by atoms with E-state index in [1.54, 1.807) is 6.92 Å². The SMILES string of the molecule is Cc1nc(Cn2ccc3ccc(CNC(C)C)cc32)no1. The third-order valence-corrected chi connectivity index (χ3v) is 3.43. The monoisotopic (exact) mass is 284 g/mol. The first-order chi connectivity index (χ1) is 10.1. The van der Waals surface area contributed by atoms with Gasteiger partial charge in [-0.3, -0.25) is 0 Å². The molecule has 1 N–H and O–H groups in total. The Balaban J connectivity index is 1.86. The van der Waals surface area contributed by atoms with Crippen molar-refractivity contribution < 1.29 is 4.52 Å². The van der Waals surface area contributed by atoms with E-state index in [1.807, 2.05) is 0 Å². The van der Waals surface area contributed by atoms with E-state index in [4.69, 9.17) is 4.52 Å². The van der Waals surface area contributed by atoms with Crippen LogP contribution in [0.1, 0.15) is 31.1 Å². The number of fused-ring (bicyclic) bond motifs is 1. The maximum absolute atomic E-state index is 5.03. The first kappa shape index (κ1) is 13.8. The van der Waals surface area contributed by atoms with Crippen molar-refractivity contribution in [3.8, 4) is 0 Å². The molecule has 0 radical (unpaired) electrons. The second kappa shape index (κ2) is 5.69. The molecule has 5 heteroatoms. The standard InChI is InChI=1S/C16H20N4O/c1-11(2)17-9-13-4-5-14-6-7-20(15(14)8-13)10-16-18-12(3)21-19-16/h4-8,11,17H,9-10H2,1-3H3. The van der Waals surface area contributed by atoms with E-state index < -0.39 is 0 Å². The van der Waals surface area contributed by atoms with Crippen molar-refractivity contribution >= 4 is 10.9 Å². The first-order valence-electron chi connectivity index (χ1n) is 7.22. The third-order valence-electron chi connectivity index (χ3n) is 3.43. The largest absolute Gasteiger partial charge is 0.340 e. The van der Waals surface area contributed by atoms with Crippen LogP contribution in [-0.4, -0.2) is 20.7 Å². The summed E-state index contributed by atoms with van der Waals surface area (Å²) in [5.41, 5.74) is 2.47. The maximum Gasteiger partial charge on any atom is 0.223 e. The van der Waals surface area contributed by atoms with Gasteiger partial charge in [0.1, 0.15) is 0 Å². The van der Waals surface area contributed by atoms with Gasteiger partial charge in [-0.25, -0.2) is 0 Å². The molecule has 0 unspecified atom stereocenters. The lowest BCUT2D eigenvalue weighted by Crippen LogP contribution is -2.21. The molecule has 3 aromatic rings. The summed E-state index contributed by atoms with van der Waals surface area (Å²) in [4.78, 5) is 4.26. The fourth-order valence-electron chi connectivity index (χ4n) is 2.36. The smallest absolute Gasteiger partial charge is 0.223 e. The molecule has 0 aliphatic heterocycles. The van der Waals surface area contributed by atoms with Gasteiger partial charge in [0.25, 0.3) is 0 Å². The van der Waals surface area contributed by atoms with Crippen LogP contribution in [-0.2, 0) is 13.1 Å². The number of aryl methyl sites for hydroxylation is 1. The van der Waals surface area contributed by atoms with Crippen molar-refractivity contribution in [1.29, 1.82) is 0 Å². The Kier molecular flexibility index (Phi) is 3.75. The molecule has 0 amide bonds. The highest BCUT2D eigenvalue weighted by atomic mass is 16.5. The molecular formula is C16H20N4O. The minimum absolute atomic E-state index is 0.481. The number of nitrogens with one attached hydrogen (secondary N) is 1. The highest BCUT2D eigenvalue weighted by Gasteiger charge is 2.07. The Bertz CT molecular complexity index is 742. The van der Waals surface area contributed by atoms with Gasteiger partial charge < -0.3 is 14.4 Å². The fraction of sp³-hybridized carbons (Fsp3) is 0.375. The molecule has 0 fully saturated rings. The fourth-order valence-corrected chi connectivity index (χ4v) is 2.36. The number of hydrogen-bond acceptors (Lipinski definition) is 4. The Morgan fingerprint density at radius 3 is 2.86 bits per heavy atom. The predicted octanol–water partition coefficient (Wildman–Crippen LogP) is 2.88. The Labute approximate surface area is 124 Å². The summed E-state index contributed by atoms with van der Waals surface area (Å²) in [6, 6.07) is 9.14. The van der Waals surface area contributed by atoms with E-state index in [2.05, 4.69) is 64.3 Å². The van der Waals surface area contributed by atoms with E-state index in [0.29, 0.717) is 24.3 Å². The number of rotatable bonds is 5. The van der Waals surface area contributed by atoms with Gasteiger partial charge in [0.05, 0.1) is 6.54 Å². The van der Waals surface area contributed by atoms with Crippen LogP contribution in [0.3, 0.4) is 0 Å². The summed E-state index contributed by atoms with van der Waals surface area (Å²) >= 11 is 0. The maximum atomic E-state index is 5.03. The van der Waals surface area contributed by atoms with Gasteiger partial charge in [0, 0.05) is 31.2 Å². The molecule has 0 saturated heterocycles. The van der Waals surface area contributed by atoms with Crippen molar-refractivity contribution in [3.05, 3.63) is 47.7 Å². The second-order valence-corrected chi connectivity index (χ2v) is 5.60. The first-order valence-corrected chi connectivity index (χ1v) is 7.22. The Morgan fingerprint density at radius 2 is 2.14 bits per heavy atom. The molecule has 2 heterocycles. The van der Waals surface area contributed by atoms with E-state index in [1.165, 1.54) is 16.5 Å². The molecule has 0 aliphatic carbocycles. The van der Waals surface area contributed by atoms with Crippen LogP contribution in [0.2, 0.25) is 0 Å². The Hall–Kier alpha value is -2.14. The zero-order chi connectivity index (χ0) is 14.8. The molecule has 0 spiro atoms. The summed E-state index contributed by atoms with van der Waals surface area (Å²) in [6.45, 7) is 7.61. The van der Waals surface area contributed by atoms with E-state index in [0.717, 1.165) is 6.54 Å². The lowest BCUT2D eigenvalue weighted by atomic mass is 10.1. The van der Waals surface area contributed by atoms with Gasteiger partial charge >= 0.3 is 0 Å². The van der Waals surface area contributed by atoms with Gasteiger partial charge in [-0.15, -0.1) is 0 Å². The van der Waals surface area contributed by atoms with E-state index >= 15 is 0 Å². The van der Waals surface area contributed by atoms with Crippen LogP contribution in [0.5, 0.6) is 0 Å². The van der Waals surface area contributed by atoms with Gasteiger partial charge in [-0.1, -0.05) is 31.1 Å². The van der Waals surface area contributed by atoms with Crippen molar-refractivity contribution in [1.82, 2.24) is 20.0 Å². The number of hydrogen-bond donors (Lipinski definition) is 1. The number of benzene rings is 1. The summed E-state index contributed by atoms with van der Waals surface area (Å²) in [6.07, 6.45) is 2.07. The van der Waals surface area contributed by atoms with Crippen LogP contribution in [0.4, 0.5) is 0 Å². The zero-order valence-corrected chi connectivity index (χ0v) is 12.6. The summed E-state index contributed by atoms with van der Waals surface area (Å²) in [7, 11) is 0. The topological polar surface area (TPSA) is 55.9 Å². The number of nitrogens with zero attached hydrogens (tertiary/aromatic N) is 3. The quantitative estimate of drug-likeness (QED) is 0.782. The van der Waals surface area contributed by atoms with Crippen LogP contribution < -0.4 is 5.32 Å². The summed E-state index contributed by atoms with van der Waals surface area (Å²) in [5, 5.41) is 8.63. The van der Waals surface area contributed by atoms with Gasteiger partial charge in [-0.05, 0) is 23.1 Å². The zero-order valence-electron chi connectivity index (χ0n) is 12.6. The van der Waals surface area contributed by atoms with Crippen molar-refractivity contribution in [2.75, 3.05) is 0 Å². The van der Waals surface area contributed by atoms with Crippen LogP contribution in [0.15, 0.2) is 35.0 Å². The normalized spacial score (nSPS) is 11.6. The predicted molar refractivity (Wildman–Crippen MR) is 82.1 cm³/mol. The molecule has 2 aromatic heterocycles.